The second-order valence-electron chi connectivity index (χ2n) is 5.61. The quantitative estimate of drug-likeness (QED) is 0.798. The van der Waals surface area contributed by atoms with Crippen molar-refractivity contribution in [2.45, 2.75) is 55.7 Å². The number of aromatic nitrogens is 3. The van der Waals surface area contributed by atoms with Crippen LogP contribution in [-0.4, -0.2) is 25.1 Å². The van der Waals surface area contributed by atoms with E-state index in [1.54, 1.807) is 11.8 Å². The molecular weight excluding hydrogens is 282 g/mol. The molecule has 3 rings (SSSR count). The number of benzene rings is 1. The third-order valence-electron chi connectivity index (χ3n) is 3.78. The molecule has 1 aromatic heterocycles. The number of thioether (sulfide) groups is 1. The van der Waals surface area contributed by atoms with Gasteiger partial charge in [-0.2, -0.15) is 0 Å². The molecule has 1 atom stereocenters. The van der Waals surface area contributed by atoms with Crippen molar-refractivity contribution < 1.29 is 5.11 Å². The van der Waals surface area contributed by atoms with Gasteiger partial charge in [0.15, 0.2) is 11.0 Å². The van der Waals surface area contributed by atoms with Gasteiger partial charge in [0.2, 0.25) is 0 Å². The van der Waals surface area contributed by atoms with Gasteiger partial charge in [0.05, 0.1) is 0 Å². The molecular formula is C16H21N3OS. The van der Waals surface area contributed by atoms with Crippen LogP contribution < -0.4 is 0 Å². The molecule has 5 heteroatoms. The maximum atomic E-state index is 9.36. The third-order valence-corrected chi connectivity index (χ3v) is 4.90. The largest absolute Gasteiger partial charge is 0.388 e. The Kier molecular flexibility index (Phi) is 4.60. The van der Waals surface area contributed by atoms with E-state index in [1.807, 2.05) is 0 Å². The molecule has 1 unspecified atom stereocenters. The summed E-state index contributed by atoms with van der Waals surface area (Å²) < 4.78 is 2.13. The zero-order valence-corrected chi connectivity index (χ0v) is 13.1. The van der Waals surface area contributed by atoms with Crippen molar-refractivity contribution in [2.24, 2.45) is 0 Å². The summed E-state index contributed by atoms with van der Waals surface area (Å²) in [5.74, 6) is 0.704. The van der Waals surface area contributed by atoms with Crippen LogP contribution in [0.3, 0.4) is 0 Å². The molecule has 112 valence electrons. The van der Waals surface area contributed by atoms with Crippen LogP contribution in [0.15, 0.2) is 35.5 Å². The average molecular weight is 303 g/mol. The van der Waals surface area contributed by atoms with Crippen molar-refractivity contribution in [1.29, 1.82) is 0 Å². The fraction of sp³-hybridized carbons (Fsp3) is 0.500. The zero-order valence-electron chi connectivity index (χ0n) is 12.3. The van der Waals surface area contributed by atoms with Gasteiger partial charge in [0.25, 0.3) is 0 Å². The van der Waals surface area contributed by atoms with Gasteiger partial charge < -0.3 is 9.67 Å². The highest BCUT2D eigenvalue weighted by Gasteiger charge is 2.29. The molecule has 1 aromatic carbocycles. The minimum atomic E-state index is -0.0253. The lowest BCUT2D eigenvalue weighted by Crippen LogP contribution is -2.06. The molecule has 21 heavy (non-hydrogen) atoms. The molecule has 1 fully saturated rings. The summed E-state index contributed by atoms with van der Waals surface area (Å²) >= 11 is 1.77. The van der Waals surface area contributed by atoms with Gasteiger partial charge in [-0.05, 0) is 31.2 Å². The van der Waals surface area contributed by atoms with E-state index in [1.165, 1.54) is 18.4 Å². The van der Waals surface area contributed by atoms with E-state index in [9.17, 15) is 5.11 Å². The Morgan fingerprint density at radius 2 is 2.05 bits per heavy atom. The van der Waals surface area contributed by atoms with Crippen LogP contribution in [0.1, 0.15) is 43.6 Å². The molecule has 1 N–H and O–H groups in total. The van der Waals surface area contributed by atoms with Gasteiger partial charge in [-0.3, -0.25) is 0 Å². The lowest BCUT2D eigenvalue weighted by molar-refractivity contribution is 0.263. The lowest BCUT2D eigenvalue weighted by atomic mass is 10.1. The molecule has 1 saturated carbocycles. The molecule has 0 bridgehead atoms. The van der Waals surface area contributed by atoms with E-state index in [4.69, 9.17) is 0 Å². The van der Waals surface area contributed by atoms with E-state index in [2.05, 4.69) is 52.0 Å². The van der Waals surface area contributed by atoms with Crippen LogP contribution in [0.4, 0.5) is 0 Å². The molecule has 0 amide bonds. The second-order valence-corrected chi connectivity index (χ2v) is 7.02. The summed E-state index contributed by atoms with van der Waals surface area (Å²) in [6.45, 7) is 2.21. The van der Waals surface area contributed by atoms with Crippen molar-refractivity contribution in [1.82, 2.24) is 14.8 Å². The second kappa shape index (κ2) is 6.62. The predicted octanol–water partition coefficient (Wildman–Crippen LogP) is 3.22. The zero-order chi connectivity index (χ0) is 14.7. The molecule has 0 aliphatic heterocycles. The Bertz CT molecular complexity index is 580. The smallest absolute Gasteiger partial charge is 0.191 e. The van der Waals surface area contributed by atoms with Gasteiger partial charge in [-0.1, -0.05) is 49.0 Å². The van der Waals surface area contributed by atoms with Crippen LogP contribution in [0.25, 0.3) is 0 Å². The van der Waals surface area contributed by atoms with Gasteiger partial charge in [0.1, 0.15) is 6.61 Å². The molecule has 0 saturated heterocycles. The minimum absolute atomic E-state index is 0.0253. The maximum Gasteiger partial charge on any atom is 0.191 e. The lowest BCUT2D eigenvalue weighted by Gasteiger charge is -2.12. The standard InChI is InChI=1S/C16H21N3OS/c1-12(7-8-13-5-3-2-4-6-13)21-16-18-17-15(11-20)19(16)14-9-10-14/h2-6,12,14,20H,7-11H2,1H3. The van der Waals surface area contributed by atoms with Crippen LogP contribution >= 0.6 is 11.8 Å². The van der Waals surface area contributed by atoms with Gasteiger partial charge in [-0.25, -0.2) is 0 Å². The van der Waals surface area contributed by atoms with Gasteiger partial charge >= 0.3 is 0 Å². The molecule has 0 radical (unpaired) electrons. The fourth-order valence-corrected chi connectivity index (χ4v) is 3.50. The van der Waals surface area contributed by atoms with Gasteiger partial charge in [0, 0.05) is 11.3 Å². The highest BCUT2D eigenvalue weighted by molar-refractivity contribution is 7.99. The van der Waals surface area contributed by atoms with Crippen molar-refractivity contribution in [3.8, 4) is 0 Å². The number of aryl methyl sites for hydroxylation is 1. The van der Waals surface area contributed by atoms with Crippen molar-refractivity contribution in [2.75, 3.05) is 0 Å². The molecule has 4 nitrogen and oxygen atoms in total. The Labute approximate surface area is 129 Å². The van der Waals surface area contributed by atoms with E-state index >= 15 is 0 Å². The van der Waals surface area contributed by atoms with Crippen molar-refractivity contribution >= 4 is 11.8 Å². The molecule has 1 aliphatic rings. The highest BCUT2D eigenvalue weighted by atomic mass is 32.2. The summed E-state index contributed by atoms with van der Waals surface area (Å²) in [5, 5.41) is 19.2. The van der Waals surface area contributed by atoms with Crippen LogP contribution in [0, 0.1) is 0 Å². The van der Waals surface area contributed by atoms with Crippen LogP contribution in [-0.2, 0) is 13.0 Å². The summed E-state index contributed by atoms with van der Waals surface area (Å²) in [4.78, 5) is 0. The van der Waals surface area contributed by atoms with Crippen molar-refractivity contribution in [3.05, 3.63) is 41.7 Å². The number of hydrogen-bond acceptors (Lipinski definition) is 4. The molecule has 1 aliphatic carbocycles. The van der Waals surface area contributed by atoms with E-state index < -0.39 is 0 Å². The highest BCUT2D eigenvalue weighted by Crippen LogP contribution is 2.39. The summed E-state index contributed by atoms with van der Waals surface area (Å²) in [5.41, 5.74) is 1.38. The molecule has 1 heterocycles. The first-order chi connectivity index (χ1) is 10.3. The molecule has 0 spiro atoms. The SMILES string of the molecule is CC(CCc1ccccc1)Sc1nnc(CO)n1C1CC1. The minimum Gasteiger partial charge on any atom is -0.388 e. The topological polar surface area (TPSA) is 50.9 Å². The Morgan fingerprint density at radius 1 is 1.29 bits per heavy atom. The summed E-state index contributed by atoms with van der Waals surface area (Å²) in [6, 6.07) is 11.1. The van der Waals surface area contributed by atoms with E-state index in [0.29, 0.717) is 17.1 Å². The van der Waals surface area contributed by atoms with Gasteiger partial charge in [-0.15, -0.1) is 10.2 Å². The van der Waals surface area contributed by atoms with Crippen LogP contribution in [0.5, 0.6) is 0 Å². The first-order valence-corrected chi connectivity index (χ1v) is 8.41. The first-order valence-electron chi connectivity index (χ1n) is 7.53. The van der Waals surface area contributed by atoms with Crippen LogP contribution in [0.2, 0.25) is 0 Å². The summed E-state index contributed by atoms with van der Waals surface area (Å²) in [6.07, 6.45) is 4.55. The monoisotopic (exact) mass is 303 g/mol. The normalized spacial score (nSPS) is 16.1. The Morgan fingerprint density at radius 3 is 2.71 bits per heavy atom. The maximum absolute atomic E-state index is 9.36. The average Bonchev–Trinajstić information content (AvgIpc) is 3.27. The van der Waals surface area contributed by atoms with E-state index in [-0.39, 0.29) is 6.61 Å². The number of aliphatic hydroxyl groups excluding tert-OH is 1. The summed E-state index contributed by atoms with van der Waals surface area (Å²) in [7, 11) is 0. The molecule has 2 aromatic rings. The van der Waals surface area contributed by atoms with Crippen molar-refractivity contribution in [3.63, 3.8) is 0 Å². The predicted molar refractivity (Wildman–Crippen MR) is 84.3 cm³/mol. The Balaban J connectivity index is 1.60. The number of rotatable bonds is 7. The number of aliphatic hydroxyl groups is 1. The van der Waals surface area contributed by atoms with E-state index in [0.717, 1.165) is 18.0 Å². The Hall–Kier alpha value is -1.33. The first kappa shape index (κ1) is 14.6. The fourth-order valence-electron chi connectivity index (χ4n) is 2.45. The number of hydrogen-bond donors (Lipinski definition) is 1. The number of nitrogens with zero attached hydrogens (tertiary/aromatic N) is 3. The third kappa shape index (κ3) is 3.66.